The highest BCUT2D eigenvalue weighted by molar-refractivity contribution is 6.34. The monoisotopic (exact) mass is 316 g/mol. The lowest BCUT2D eigenvalue weighted by atomic mass is 9.99. The number of allylic oxidation sites excluding steroid dienone is 4. The number of nitrogens with one attached hydrogen (secondary N) is 1. The first kappa shape index (κ1) is 13.8. The number of ether oxygens (including phenoxy) is 1. The number of aromatic nitrogens is 3. The molecule has 0 unspecified atom stereocenters. The molecule has 2 aromatic rings. The summed E-state index contributed by atoms with van der Waals surface area (Å²) in [5, 5.41) is 1.37. The summed E-state index contributed by atoms with van der Waals surface area (Å²) in [7, 11) is 0. The second-order valence-electron chi connectivity index (χ2n) is 5.56. The Kier molecular flexibility index (Phi) is 3.60. The van der Waals surface area contributed by atoms with E-state index in [-0.39, 0.29) is 0 Å². The summed E-state index contributed by atoms with van der Waals surface area (Å²) in [5.41, 5.74) is 4.56. The van der Waals surface area contributed by atoms with Gasteiger partial charge in [0.05, 0.1) is 18.6 Å². The van der Waals surface area contributed by atoms with Gasteiger partial charge in [0.2, 0.25) is 0 Å². The quantitative estimate of drug-likeness (QED) is 0.865. The van der Waals surface area contributed by atoms with E-state index in [1.807, 2.05) is 6.07 Å². The van der Waals surface area contributed by atoms with Crippen molar-refractivity contribution >= 4 is 28.2 Å². The molecule has 1 N–H and O–H groups in total. The fourth-order valence-corrected chi connectivity index (χ4v) is 3.23. The number of nitrogens with zero attached hydrogens (tertiary/aromatic N) is 3. The summed E-state index contributed by atoms with van der Waals surface area (Å²) >= 11 is 6.11. The van der Waals surface area contributed by atoms with E-state index in [1.54, 1.807) is 0 Å². The molecule has 5 nitrogen and oxygen atoms in total. The minimum absolute atomic E-state index is 0.494. The molecule has 1 aliphatic heterocycles. The minimum atomic E-state index is 0.494. The van der Waals surface area contributed by atoms with Crippen molar-refractivity contribution in [2.24, 2.45) is 0 Å². The fraction of sp³-hybridized carbons (Fsp3) is 0.375. The Morgan fingerprint density at radius 1 is 1.14 bits per heavy atom. The van der Waals surface area contributed by atoms with Crippen molar-refractivity contribution in [1.29, 1.82) is 0 Å². The lowest BCUT2D eigenvalue weighted by molar-refractivity contribution is 0.0521. The number of halogens is 1. The normalized spacial score (nSPS) is 19.2. The highest BCUT2D eigenvalue weighted by Gasteiger charge is 2.17. The van der Waals surface area contributed by atoms with Gasteiger partial charge in [0.25, 0.3) is 0 Å². The molecule has 0 bridgehead atoms. The van der Waals surface area contributed by atoms with E-state index in [9.17, 15) is 0 Å². The minimum Gasteiger partial charge on any atom is -0.378 e. The fourth-order valence-electron chi connectivity index (χ4n) is 3.05. The molecular formula is C16H17ClN4O. The lowest BCUT2D eigenvalue weighted by Crippen LogP contribution is -2.35. The third-order valence-corrected chi connectivity index (χ3v) is 4.57. The zero-order chi connectivity index (χ0) is 14.9. The van der Waals surface area contributed by atoms with E-state index >= 15 is 0 Å². The first-order chi connectivity index (χ1) is 10.8. The molecule has 114 valence electrons. The van der Waals surface area contributed by atoms with Crippen molar-refractivity contribution in [3.05, 3.63) is 41.1 Å². The van der Waals surface area contributed by atoms with Crippen LogP contribution in [0.4, 0.5) is 0 Å². The van der Waals surface area contributed by atoms with Gasteiger partial charge in [-0.2, -0.15) is 0 Å². The third-order valence-electron chi connectivity index (χ3n) is 4.27. The van der Waals surface area contributed by atoms with Gasteiger partial charge in [-0.05, 0) is 30.6 Å². The topological polar surface area (TPSA) is 54.0 Å². The van der Waals surface area contributed by atoms with E-state index < -0.39 is 0 Å². The zero-order valence-electron chi connectivity index (χ0n) is 12.2. The maximum atomic E-state index is 6.11. The zero-order valence-corrected chi connectivity index (χ0v) is 12.9. The molecule has 6 heteroatoms. The molecule has 2 aliphatic rings. The van der Waals surface area contributed by atoms with E-state index in [0.29, 0.717) is 5.15 Å². The Morgan fingerprint density at radius 3 is 2.73 bits per heavy atom. The van der Waals surface area contributed by atoms with Gasteiger partial charge in [0, 0.05) is 24.5 Å². The van der Waals surface area contributed by atoms with Crippen LogP contribution in [0.2, 0.25) is 5.15 Å². The maximum absolute atomic E-state index is 6.11. The standard InChI is InChI=1S/C16H17ClN4O/c17-15-13-9-14(20-16(13)19-10-18-15)11-1-3-12(4-2-11)21-5-7-22-8-6-21/h1,3,9-10H,2,4-8H2,(H,18,19,20). The van der Waals surface area contributed by atoms with Crippen LogP contribution in [0.25, 0.3) is 16.6 Å². The van der Waals surface area contributed by atoms with Gasteiger partial charge >= 0.3 is 0 Å². The molecule has 0 aromatic carbocycles. The number of H-pyrrole nitrogens is 1. The SMILES string of the molecule is Clc1ncnc2[nH]c(C3=CC=C(N4CCOCC4)CC3)cc12. The average Bonchev–Trinajstić information content (AvgIpc) is 3.02. The molecule has 0 saturated carbocycles. The van der Waals surface area contributed by atoms with Crippen molar-refractivity contribution in [3.8, 4) is 0 Å². The van der Waals surface area contributed by atoms with Gasteiger partial charge in [-0.3, -0.25) is 0 Å². The predicted molar refractivity (Wildman–Crippen MR) is 86.6 cm³/mol. The number of aromatic amines is 1. The van der Waals surface area contributed by atoms with Crippen molar-refractivity contribution in [1.82, 2.24) is 19.9 Å². The molecule has 0 radical (unpaired) electrons. The number of hydrogen-bond acceptors (Lipinski definition) is 4. The van der Waals surface area contributed by atoms with E-state index in [1.165, 1.54) is 17.6 Å². The van der Waals surface area contributed by atoms with Crippen LogP contribution in [0.3, 0.4) is 0 Å². The number of morpholine rings is 1. The second-order valence-corrected chi connectivity index (χ2v) is 5.92. The van der Waals surface area contributed by atoms with Gasteiger partial charge in [0.1, 0.15) is 17.1 Å². The van der Waals surface area contributed by atoms with Crippen molar-refractivity contribution < 1.29 is 4.74 Å². The first-order valence-electron chi connectivity index (χ1n) is 7.53. The number of fused-ring (bicyclic) bond motifs is 1. The van der Waals surface area contributed by atoms with Gasteiger partial charge in [-0.25, -0.2) is 9.97 Å². The Balaban J connectivity index is 1.61. The van der Waals surface area contributed by atoms with E-state index in [2.05, 4.69) is 32.0 Å². The average molecular weight is 317 g/mol. The van der Waals surface area contributed by atoms with Crippen LogP contribution in [0, 0.1) is 0 Å². The number of rotatable bonds is 2. The van der Waals surface area contributed by atoms with Gasteiger partial charge in [-0.1, -0.05) is 17.7 Å². The highest BCUT2D eigenvalue weighted by atomic mass is 35.5. The number of hydrogen-bond donors (Lipinski definition) is 1. The molecule has 1 aliphatic carbocycles. The maximum Gasteiger partial charge on any atom is 0.142 e. The van der Waals surface area contributed by atoms with Crippen LogP contribution in [0.5, 0.6) is 0 Å². The molecular weight excluding hydrogens is 300 g/mol. The van der Waals surface area contributed by atoms with Gasteiger partial charge < -0.3 is 14.6 Å². The Bertz CT molecular complexity index is 759. The summed E-state index contributed by atoms with van der Waals surface area (Å²) in [6.07, 6.45) is 7.97. The Labute approximate surface area is 133 Å². The Morgan fingerprint density at radius 2 is 2.00 bits per heavy atom. The summed E-state index contributed by atoms with van der Waals surface area (Å²) in [4.78, 5) is 14.0. The molecule has 0 spiro atoms. The summed E-state index contributed by atoms with van der Waals surface area (Å²) in [6, 6.07) is 2.04. The van der Waals surface area contributed by atoms with Crippen molar-refractivity contribution in [3.63, 3.8) is 0 Å². The summed E-state index contributed by atoms with van der Waals surface area (Å²) in [6.45, 7) is 3.64. The van der Waals surface area contributed by atoms with E-state index in [0.717, 1.165) is 55.9 Å². The predicted octanol–water partition coefficient (Wildman–Crippen LogP) is 3.00. The van der Waals surface area contributed by atoms with Crippen LogP contribution in [-0.2, 0) is 4.74 Å². The molecule has 0 atom stereocenters. The molecule has 4 rings (SSSR count). The molecule has 22 heavy (non-hydrogen) atoms. The summed E-state index contributed by atoms with van der Waals surface area (Å²) in [5.74, 6) is 0. The van der Waals surface area contributed by atoms with Crippen LogP contribution in [0.15, 0.2) is 30.2 Å². The smallest absolute Gasteiger partial charge is 0.142 e. The van der Waals surface area contributed by atoms with Crippen LogP contribution in [-0.4, -0.2) is 46.2 Å². The second kappa shape index (κ2) is 5.74. The van der Waals surface area contributed by atoms with Gasteiger partial charge in [0.15, 0.2) is 0 Å². The van der Waals surface area contributed by atoms with Crippen LogP contribution >= 0.6 is 11.6 Å². The Hall–Kier alpha value is -1.85. The van der Waals surface area contributed by atoms with Crippen LogP contribution in [0.1, 0.15) is 18.5 Å². The van der Waals surface area contributed by atoms with Crippen molar-refractivity contribution in [2.75, 3.05) is 26.3 Å². The van der Waals surface area contributed by atoms with E-state index in [4.69, 9.17) is 16.3 Å². The molecule has 2 aromatic heterocycles. The highest BCUT2D eigenvalue weighted by Crippen LogP contribution is 2.31. The van der Waals surface area contributed by atoms with Crippen molar-refractivity contribution in [2.45, 2.75) is 12.8 Å². The van der Waals surface area contributed by atoms with Gasteiger partial charge in [-0.15, -0.1) is 0 Å². The molecule has 0 amide bonds. The molecule has 3 heterocycles. The molecule has 1 fully saturated rings. The van der Waals surface area contributed by atoms with Crippen LogP contribution < -0.4 is 0 Å². The summed E-state index contributed by atoms with van der Waals surface area (Å²) < 4.78 is 5.41. The third kappa shape index (κ3) is 2.51. The first-order valence-corrected chi connectivity index (χ1v) is 7.91. The largest absolute Gasteiger partial charge is 0.378 e. The lowest BCUT2D eigenvalue weighted by Gasteiger charge is -2.32. The molecule has 1 saturated heterocycles.